The molecular weight excluding hydrogens is 231 g/mol. The third-order valence-corrected chi connectivity index (χ3v) is 2.96. The highest BCUT2D eigenvalue weighted by atomic mass is 19.1. The van der Waals surface area contributed by atoms with Crippen molar-refractivity contribution in [3.63, 3.8) is 0 Å². The molecule has 0 fully saturated rings. The zero-order chi connectivity index (χ0) is 13.4. The van der Waals surface area contributed by atoms with Crippen LogP contribution in [0.25, 0.3) is 0 Å². The summed E-state index contributed by atoms with van der Waals surface area (Å²) in [5.41, 5.74) is 0.426. The van der Waals surface area contributed by atoms with Gasteiger partial charge in [-0.3, -0.25) is 4.79 Å². The normalized spacial score (nSPS) is 10.4. The van der Waals surface area contributed by atoms with E-state index < -0.39 is 5.82 Å². The van der Waals surface area contributed by atoms with Crippen molar-refractivity contribution in [2.24, 2.45) is 0 Å². The molecule has 0 saturated heterocycles. The molecule has 0 aliphatic carbocycles. The van der Waals surface area contributed by atoms with Crippen molar-refractivity contribution in [1.82, 2.24) is 0 Å². The van der Waals surface area contributed by atoms with Gasteiger partial charge in [0.2, 0.25) is 0 Å². The number of benzene rings is 1. The fourth-order valence-electron chi connectivity index (χ4n) is 1.90. The number of halogens is 1. The molecule has 0 aliphatic heterocycles. The highest BCUT2D eigenvalue weighted by Gasteiger charge is 2.11. The number of Topliss-reactive ketones (excluding diaryl/α,β-unsaturated/α-hetero) is 1. The van der Waals surface area contributed by atoms with Crippen LogP contribution in [-0.4, -0.2) is 12.9 Å². The maximum atomic E-state index is 13.8. The Morgan fingerprint density at radius 3 is 2.72 bits per heavy atom. The van der Waals surface area contributed by atoms with Gasteiger partial charge in [-0.1, -0.05) is 38.3 Å². The zero-order valence-electron chi connectivity index (χ0n) is 11.2. The number of methoxy groups -OCH3 is 1. The first kappa shape index (κ1) is 14.7. The predicted octanol–water partition coefficient (Wildman–Crippen LogP) is 3.92. The van der Waals surface area contributed by atoms with Gasteiger partial charge in [-0.2, -0.15) is 0 Å². The number of carbonyl (C=O) groups excluding carboxylic acids is 1. The summed E-state index contributed by atoms with van der Waals surface area (Å²) < 4.78 is 18.7. The lowest BCUT2D eigenvalue weighted by Crippen LogP contribution is -2.05. The second kappa shape index (κ2) is 7.85. The smallest absolute Gasteiger partial charge is 0.168 e. The molecule has 0 atom stereocenters. The SMILES string of the molecule is CCCCCCC(=O)Cc1cccc(OC)c1F. The molecule has 1 rings (SSSR count). The third-order valence-electron chi connectivity index (χ3n) is 2.96. The summed E-state index contributed by atoms with van der Waals surface area (Å²) in [5, 5.41) is 0. The Kier molecular flexibility index (Phi) is 6.40. The van der Waals surface area contributed by atoms with E-state index in [-0.39, 0.29) is 18.0 Å². The molecule has 0 spiro atoms. The number of ketones is 1. The van der Waals surface area contributed by atoms with Gasteiger partial charge < -0.3 is 4.74 Å². The quantitative estimate of drug-likeness (QED) is 0.655. The molecule has 1 aromatic rings. The van der Waals surface area contributed by atoms with Gasteiger partial charge in [0.25, 0.3) is 0 Å². The number of rotatable bonds is 8. The van der Waals surface area contributed by atoms with Gasteiger partial charge in [-0.15, -0.1) is 0 Å². The highest BCUT2D eigenvalue weighted by molar-refractivity contribution is 5.81. The van der Waals surface area contributed by atoms with E-state index in [1.54, 1.807) is 18.2 Å². The van der Waals surface area contributed by atoms with Crippen molar-refractivity contribution in [3.05, 3.63) is 29.6 Å². The minimum Gasteiger partial charge on any atom is -0.494 e. The van der Waals surface area contributed by atoms with E-state index in [1.165, 1.54) is 7.11 Å². The largest absolute Gasteiger partial charge is 0.494 e. The lowest BCUT2D eigenvalue weighted by molar-refractivity contribution is -0.118. The summed E-state index contributed by atoms with van der Waals surface area (Å²) in [5.74, 6) is -0.119. The molecule has 0 heterocycles. The molecule has 18 heavy (non-hydrogen) atoms. The average Bonchev–Trinajstić information content (AvgIpc) is 2.37. The van der Waals surface area contributed by atoms with Gasteiger partial charge in [0.15, 0.2) is 11.6 Å². The molecule has 0 unspecified atom stereocenters. The third kappa shape index (κ3) is 4.47. The van der Waals surface area contributed by atoms with Gasteiger partial charge >= 0.3 is 0 Å². The van der Waals surface area contributed by atoms with E-state index in [1.807, 2.05) is 0 Å². The lowest BCUT2D eigenvalue weighted by Gasteiger charge is -2.06. The van der Waals surface area contributed by atoms with Crippen LogP contribution < -0.4 is 4.74 Å². The van der Waals surface area contributed by atoms with E-state index in [0.717, 1.165) is 25.7 Å². The summed E-state index contributed by atoms with van der Waals surface area (Å²) in [6.45, 7) is 2.13. The molecule has 0 bridgehead atoms. The summed E-state index contributed by atoms with van der Waals surface area (Å²) in [6.07, 6.45) is 4.98. The zero-order valence-corrected chi connectivity index (χ0v) is 11.2. The van der Waals surface area contributed by atoms with Crippen molar-refractivity contribution in [2.75, 3.05) is 7.11 Å². The maximum Gasteiger partial charge on any atom is 0.168 e. The van der Waals surface area contributed by atoms with E-state index in [2.05, 4.69) is 6.92 Å². The summed E-state index contributed by atoms with van der Waals surface area (Å²) in [7, 11) is 1.43. The average molecular weight is 252 g/mol. The van der Waals surface area contributed by atoms with Crippen LogP contribution in [0.15, 0.2) is 18.2 Å². The molecule has 0 aromatic heterocycles. The van der Waals surface area contributed by atoms with Crippen LogP contribution in [0.5, 0.6) is 5.75 Å². The second-order valence-corrected chi connectivity index (χ2v) is 4.46. The fourth-order valence-corrected chi connectivity index (χ4v) is 1.90. The van der Waals surface area contributed by atoms with Gasteiger partial charge in [0, 0.05) is 12.8 Å². The Morgan fingerprint density at radius 2 is 2.06 bits per heavy atom. The van der Waals surface area contributed by atoms with Crippen LogP contribution in [0.2, 0.25) is 0 Å². The van der Waals surface area contributed by atoms with Crippen molar-refractivity contribution < 1.29 is 13.9 Å². The van der Waals surface area contributed by atoms with Crippen LogP contribution in [0.3, 0.4) is 0 Å². The molecule has 0 saturated carbocycles. The molecule has 2 nitrogen and oxygen atoms in total. The number of carbonyl (C=O) groups is 1. The first-order valence-electron chi connectivity index (χ1n) is 6.52. The van der Waals surface area contributed by atoms with Gasteiger partial charge in [0.1, 0.15) is 5.78 Å². The fraction of sp³-hybridized carbons (Fsp3) is 0.533. The van der Waals surface area contributed by atoms with Crippen LogP contribution >= 0.6 is 0 Å². The maximum absolute atomic E-state index is 13.8. The van der Waals surface area contributed by atoms with Crippen LogP contribution in [0.1, 0.15) is 44.6 Å². The number of unbranched alkanes of at least 4 members (excludes halogenated alkanes) is 3. The molecule has 0 N–H and O–H groups in total. The summed E-state index contributed by atoms with van der Waals surface area (Å²) in [6, 6.07) is 4.91. The van der Waals surface area contributed by atoms with Crippen molar-refractivity contribution in [2.45, 2.75) is 45.4 Å². The number of hydrogen-bond acceptors (Lipinski definition) is 2. The Morgan fingerprint density at radius 1 is 1.28 bits per heavy atom. The van der Waals surface area contributed by atoms with Gasteiger partial charge in [-0.25, -0.2) is 4.39 Å². The molecule has 1 aromatic carbocycles. The van der Waals surface area contributed by atoms with E-state index in [0.29, 0.717) is 12.0 Å². The minimum absolute atomic E-state index is 0.0956. The molecule has 3 heteroatoms. The Labute approximate surface area is 108 Å². The lowest BCUT2D eigenvalue weighted by atomic mass is 10.0. The van der Waals surface area contributed by atoms with Crippen molar-refractivity contribution in [1.29, 1.82) is 0 Å². The summed E-state index contributed by atoms with van der Waals surface area (Å²) in [4.78, 5) is 11.7. The van der Waals surface area contributed by atoms with Crippen LogP contribution in [0, 0.1) is 5.82 Å². The van der Waals surface area contributed by atoms with Crippen molar-refractivity contribution in [3.8, 4) is 5.75 Å². The molecule has 0 radical (unpaired) electrons. The second-order valence-electron chi connectivity index (χ2n) is 4.46. The van der Waals surface area contributed by atoms with E-state index in [4.69, 9.17) is 4.74 Å². The summed E-state index contributed by atoms with van der Waals surface area (Å²) >= 11 is 0. The molecule has 0 amide bonds. The molecule has 0 aliphatic rings. The van der Waals surface area contributed by atoms with Crippen LogP contribution in [-0.2, 0) is 11.2 Å². The topological polar surface area (TPSA) is 26.3 Å². The molecule has 100 valence electrons. The number of hydrogen-bond donors (Lipinski definition) is 0. The Bertz CT molecular complexity index is 388. The first-order chi connectivity index (χ1) is 8.69. The van der Waals surface area contributed by atoms with Crippen molar-refractivity contribution >= 4 is 5.78 Å². The minimum atomic E-state index is -0.415. The standard InChI is InChI=1S/C15H21FO2/c1-3-4-5-6-9-13(17)11-12-8-7-10-14(18-2)15(12)16/h7-8,10H,3-6,9,11H2,1-2H3. The monoisotopic (exact) mass is 252 g/mol. The van der Waals surface area contributed by atoms with Gasteiger partial charge in [-0.05, 0) is 18.1 Å². The Hall–Kier alpha value is -1.38. The van der Waals surface area contributed by atoms with E-state index >= 15 is 0 Å². The Balaban J connectivity index is 2.49. The predicted molar refractivity (Wildman–Crippen MR) is 70.4 cm³/mol. The highest BCUT2D eigenvalue weighted by Crippen LogP contribution is 2.21. The first-order valence-corrected chi connectivity index (χ1v) is 6.52. The van der Waals surface area contributed by atoms with Crippen LogP contribution in [0.4, 0.5) is 4.39 Å². The number of ether oxygens (including phenoxy) is 1. The molecular formula is C15H21FO2. The van der Waals surface area contributed by atoms with Gasteiger partial charge in [0.05, 0.1) is 7.11 Å². The van der Waals surface area contributed by atoms with E-state index in [9.17, 15) is 9.18 Å².